The molecule has 0 atom stereocenters. The molecule has 1 aliphatic rings. The number of halogens is 2. The van der Waals surface area contributed by atoms with Gasteiger partial charge in [0.05, 0.1) is 5.60 Å². The van der Waals surface area contributed by atoms with Gasteiger partial charge in [-0.2, -0.15) is 0 Å². The van der Waals surface area contributed by atoms with Crippen molar-refractivity contribution in [1.29, 1.82) is 0 Å². The van der Waals surface area contributed by atoms with E-state index in [1.165, 1.54) is 12.8 Å². The van der Waals surface area contributed by atoms with E-state index in [2.05, 4.69) is 0 Å². The molecule has 0 heterocycles. The van der Waals surface area contributed by atoms with Gasteiger partial charge in [0.1, 0.15) is 0 Å². The Hall–Kier alpha value is -0.240. The molecule has 1 aromatic rings. The quantitative estimate of drug-likeness (QED) is 0.779. The fourth-order valence-corrected chi connectivity index (χ4v) is 3.06. The van der Waals surface area contributed by atoms with Gasteiger partial charge in [-0.1, -0.05) is 55.0 Å². The maximum Gasteiger partial charge on any atom is 0.0688 e. The summed E-state index contributed by atoms with van der Waals surface area (Å²) in [5, 5.41) is 11.9. The standard InChI is InChI=1S/C14H18Cl2O/c15-12-6-5-11(13(16)9-12)10-14(17)7-3-1-2-4-8-14/h5-6,9,17H,1-4,7-8,10H2. The number of benzene rings is 1. The molecule has 0 aliphatic heterocycles. The van der Waals surface area contributed by atoms with E-state index in [1.54, 1.807) is 6.07 Å². The van der Waals surface area contributed by atoms with Gasteiger partial charge in [0.25, 0.3) is 0 Å². The predicted molar refractivity (Wildman–Crippen MR) is 72.8 cm³/mol. The topological polar surface area (TPSA) is 20.2 Å². The summed E-state index contributed by atoms with van der Waals surface area (Å²) in [6, 6.07) is 5.51. The van der Waals surface area contributed by atoms with Gasteiger partial charge in [-0.15, -0.1) is 0 Å². The van der Waals surface area contributed by atoms with Crippen LogP contribution in [-0.4, -0.2) is 10.7 Å². The summed E-state index contributed by atoms with van der Waals surface area (Å²) in [6.45, 7) is 0. The van der Waals surface area contributed by atoms with Crippen LogP contribution in [0, 0.1) is 0 Å². The van der Waals surface area contributed by atoms with E-state index >= 15 is 0 Å². The van der Waals surface area contributed by atoms with Crippen LogP contribution < -0.4 is 0 Å². The number of hydrogen-bond acceptors (Lipinski definition) is 1. The second-order valence-electron chi connectivity index (χ2n) is 5.05. The van der Waals surface area contributed by atoms with Crippen molar-refractivity contribution in [2.75, 3.05) is 0 Å². The van der Waals surface area contributed by atoms with Crippen molar-refractivity contribution in [3.05, 3.63) is 33.8 Å². The Bertz CT molecular complexity index is 382. The first-order valence-corrected chi connectivity index (χ1v) is 7.01. The third-order valence-electron chi connectivity index (χ3n) is 3.57. The van der Waals surface area contributed by atoms with Crippen molar-refractivity contribution in [1.82, 2.24) is 0 Å². The van der Waals surface area contributed by atoms with Crippen LogP contribution in [0.5, 0.6) is 0 Å². The van der Waals surface area contributed by atoms with Crippen LogP contribution in [0.2, 0.25) is 10.0 Å². The molecule has 2 rings (SSSR count). The summed E-state index contributed by atoms with van der Waals surface area (Å²) in [7, 11) is 0. The lowest BCUT2D eigenvalue weighted by Crippen LogP contribution is -2.30. The average molecular weight is 273 g/mol. The molecule has 0 amide bonds. The molecular formula is C14H18Cl2O. The van der Waals surface area contributed by atoms with Gasteiger partial charge in [-0.25, -0.2) is 0 Å². The van der Waals surface area contributed by atoms with Crippen LogP contribution in [0.4, 0.5) is 0 Å². The maximum atomic E-state index is 10.6. The van der Waals surface area contributed by atoms with Crippen LogP contribution in [0.1, 0.15) is 44.1 Å². The van der Waals surface area contributed by atoms with E-state index in [0.29, 0.717) is 16.5 Å². The molecule has 0 unspecified atom stereocenters. The molecule has 3 heteroatoms. The van der Waals surface area contributed by atoms with Crippen molar-refractivity contribution >= 4 is 23.2 Å². The van der Waals surface area contributed by atoms with Crippen molar-refractivity contribution < 1.29 is 5.11 Å². The summed E-state index contributed by atoms with van der Waals surface area (Å²) in [5.74, 6) is 0. The summed E-state index contributed by atoms with van der Waals surface area (Å²) in [5.41, 5.74) is 0.425. The molecule has 1 saturated carbocycles. The fraction of sp³-hybridized carbons (Fsp3) is 0.571. The van der Waals surface area contributed by atoms with Crippen molar-refractivity contribution in [3.63, 3.8) is 0 Å². The minimum Gasteiger partial charge on any atom is -0.390 e. The third kappa shape index (κ3) is 3.61. The first kappa shape index (κ1) is 13.2. The SMILES string of the molecule is OC1(Cc2ccc(Cl)cc2Cl)CCCCCC1. The summed E-state index contributed by atoms with van der Waals surface area (Å²) >= 11 is 12.0. The van der Waals surface area contributed by atoms with Gasteiger partial charge in [0.2, 0.25) is 0 Å². The van der Waals surface area contributed by atoms with E-state index in [0.717, 1.165) is 31.2 Å². The molecule has 0 spiro atoms. The van der Waals surface area contributed by atoms with E-state index in [9.17, 15) is 5.11 Å². The zero-order valence-electron chi connectivity index (χ0n) is 9.88. The average Bonchev–Trinajstić information content (AvgIpc) is 2.48. The third-order valence-corrected chi connectivity index (χ3v) is 4.16. The Kier molecular flexibility index (Phi) is 4.35. The van der Waals surface area contributed by atoms with Crippen LogP contribution in [0.3, 0.4) is 0 Å². The zero-order valence-corrected chi connectivity index (χ0v) is 11.4. The van der Waals surface area contributed by atoms with Crippen LogP contribution in [-0.2, 0) is 6.42 Å². The molecule has 0 aromatic heterocycles. The predicted octanol–water partition coefficient (Wildman–Crippen LogP) is 4.62. The summed E-state index contributed by atoms with van der Waals surface area (Å²) in [6.07, 6.45) is 7.09. The minimum atomic E-state index is -0.575. The smallest absolute Gasteiger partial charge is 0.0688 e. The first-order valence-electron chi connectivity index (χ1n) is 6.25. The first-order chi connectivity index (χ1) is 8.09. The molecule has 0 radical (unpaired) electrons. The van der Waals surface area contributed by atoms with Gasteiger partial charge < -0.3 is 5.11 Å². The largest absolute Gasteiger partial charge is 0.390 e. The van der Waals surface area contributed by atoms with E-state index in [1.807, 2.05) is 12.1 Å². The molecule has 1 aliphatic carbocycles. The molecule has 1 fully saturated rings. The van der Waals surface area contributed by atoms with Crippen molar-refractivity contribution in [2.24, 2.45) is 0 Å². The summed E-state index contributed by atoms with van der Waals surface area (Å²) in [4.78, 5) is 0. The second kappa shape index (κ2) is 5.60. The van der Waals surface area contributed by atoms with Gasteiger partial charge >= 0.3 is 0 Å². The van der Waals surface area contributed by atoms with Gasteiger partial charge in [0.15, 0.2) is 0 Å². The maximum absolute atomic E-state index is 10.6. The zero-order chi connectivity index (χ0) is 12.3. The highest BCUT2D eigenvalue weighted by Crippen LogP contribution is 2.32. The normalized spacial score (nSPS) is 19.9. The lowest BCUT2D eigenvalue weighted by Gasteiger charge is -2.27. The van der Waals surface area contributed by atoms with Crippen LogP contribution in [0.25, 0.3) is 0 Å². The highest BCUT2D eigenvalue weighted by atomic mass is 35.5. The molecule has 1 nitrogen and oxygen atoms in total. The van der Waals surface area contributed by atoms with Gasteiger partial charge in [-0.05, 0) is 30.5 Å². The van der Waals surface area contributed by atoms with Gasteiger partial charge in [0, 0.05) is 16.5 Å². The number of aliphatic hydroxyl groups is 1. The molecule has 0 saturated heterocycles. The Labute approximate surface area is 113 Å². The van der Waals surface area contributed by atoms with Crippen molar-refractivity contribution in [2.45, 2.75) is 50.5 Å². The van der Waals surface area contributed by atoms with Gasteiger partial charge in [-0.3, -0.25) is 0 Å². The molecule has 17 heavy (non-hydrogen) atoms. The molecule has 94 valence electrons. The van der Waals surface area contributed by atoms with E-state index in [4.69, 9.17) is 23.2 Å². The Morgan fingerprint density at radius 2 is 1.71 bits per heavy atom. The van der Waals surface area contributed by atoms with Crippen LogP contribution >= 0.6 is 23.2 Å². The fourth-order valence-electron chi connectivity index (χ4n) is 2.58. The lowest BCUT2D eigenvalue weighted by molar-refractivity contribution is 0.0253. The summed E-state index contributed by atoms with van der Waals surface area (Å²) < 4.78 is 0. The Morgan fingerprint density at radius 3 is 2.29 bits per heavy atom. The molecule has 1 aromatic carbocycles. The van der Waals surface area contributed by atoms with Crippen LogP contribution in [0.15, 0.2) is 18.2 Å². The molecule has 1 N–H and O–H groups in total. The van der Waals surface area contributed by atoms with Crippen molar-refractivity contribution in [3.8, 4) is 0 Å². The van der Waals surface area contributed by atoms with E-state index < -0.39 is 5.60 Å². The lowest BCUT2D eigenvalue weighted by atomic mass is 9.87. The molecule has 0 bridgehead atoms. The molecular weight excluding hydrogens is 255 g/mol. The number of rotatable bonds is 2. The Morgan fingerprint density at radius 1 is 1.06 bits per heavy atom. The minimum absolute atomic E-state index is 0.575. The highest BCUT2D eigenvalue weighted by molar-refractivity contribution is 6.35. The second-order valence-corrected chi connectivity index (χ2v) is 5.89. The van der Waals surface area contributed by atoms with E-state index in [-0.39, 0.29) is 0 Å². The highest BCUT2D eigenvalue weighted by Gasteiger charge is 2.28. The number of hydrogen-bond donors (Lipinski definition) is 1. The monoisotopic (exact) mass is 272 g/mol. The Balaban J connectivity index is 2.12.